The maximum atomic E-state index is 12.6. The number of amides is 1. The molecular formula is C29H32N4O3. The standard InChI is InChI=1S/C29H32N4O3/c1-3-24(34)19(2)20-13-15-29(16-14-20)17-18-31-28-25(27(30)35)26(32-33(28)29)21-9-11-23(12-10-21)36-22-7-5-4-6-8-22/h3-12,19-20,31H,1,13-18H2,2H3,(H2,30,35). The zero-order valence-electron chi connectivity index (χ0n) is 20.6. The van der Waals surface area contributed by atoms with E-state index in [1.807, 2.05) is 66.2 Å². The minimum atomic E-state index is -0.501. The van der Waals surface area contributed by atoms with E-state index in [4.69, 9.17) is 15.6 Å². The number of hydrogen-bond donors (Lipinski definition) is 2. The highest BCUT2D eigenvalue weighted by atomic mass is 16.5. The van der Waals surface area contributed by atoms with Gasteiger partial charge in [0.15, 0.2) is 5.78 Å². The maximum Gasteiger partial charge on any atom is 0.254 e. The van der Waals surface area contributed by atoms with Crippen molar-refractivity contribution in [3.8, 4) is 22.8 Å². The number of primary amides is 1. The molecule has 186 valence electrons. The van der Waals surface area contributed by atoms with Crippen molar-refractivity contribution < 1.29 is 14.3 Å². The number of para-hydroxylation sites is 1. The van der Waals surface area contributed by atoms with Crippen LogP contribution in [0.3, 0.4) is 0 Å². The Morgan fingerprint density at radius 1 is 1.11 bits per heavy atom. The van der Waals surface area contributed by atoms with Crippen molar-refractivity contribution in [3.63, 3.8) is 0 Å². The number of carbonyl (C=O) groups excluding carboxylic acids is 2. The second-order valence-electron chi connectivity index (χ2n) is 9.92. The Morgan fingerprint density at radius 3 is 2.42 bits per heavy atom. The lowest BCUT2D eigenvalue weighted by atomic mass is 9.70. The Kier molecular flexibility index (Phi) is 6.39. The van der Waals surface area contributed by atoms with Gasteiger partial charge in [-0.25, -0.2) is 4.68 Å². The van der Waals surface area contributed by atoms with Crippen LogP contribution in [0.15, 0.2) is 67.3 Å². The van der Waals surface area contributed by atoms with Crippen LogP contribution in [-0.4, -0.2) is 28.0 Å². The Hall–Kier alpha value is -3.87. The Labute approximate surface area is 211 Å². The van der Waals surface area contributed by atoms with Crippen molar-refractivity contribution in [1.29, 1.82) is 0 Å². The molecule has 1 aliphatic carbocycles. The van der Waals surface area contributed by atoms with Gasteiger partial charge in [0.05, 0.1) is 5.54 Å². The molecule has 0 bridgehead atoms. The number of benzene rings is 2. The number of ether oxygens (including phenoxy) is 1. The van der Waals surface area contributed by atoms with E-state index in [1.165, 1.54) is 6.08 Å². The van der Waals surface area contributed by atoms with Gasteiger partial charge in [-0.05, 0) is 80.5 Å². The molecule has 2 aromatic carbocycles. The molecular weight excluding hydrogens is 452 g/mol. The Bertz CT molecular complexity index is 1270. The molecule has 5 rings (SSSR count). The Balaban J connectivity index is 1.44. The molecule has 3 aromatic rings. The van der Waals surface area contributed by atoms with Gasteiger partial charge < -0.3 is 15.8 Å². The van der Waals surface area contributed by atoms with Gasteiger partial charge in [-0.15, -0.1) is 0 Å². The first-order valence-corrected chi connectivity index (χ1v) is 12.6. The first kappa shape index (κ1) is 23.9. The third-order valence-electron chi connectivity index (χ3n) is 7.89. The van der Waals surface area contributed by atoms with Crippen LogP contribution in [0.25, 0.3) is 11.3 Å². The van der Waals surface area contributed by atoms with Gasteiger partial charge in [-0.2, -0.15) is 5.10 Å². The van der Waals surface area contributed by atoms with E-state index in [0.717, 1.165) is 50.0 Å². The molecule has 36 heavy (non-hydrogen) atoms. The summed E-state index contributed by atoms with van der Waals surface area (Å²) in [6, 6.07) is 17.1. The molecule has 1 unspecified atom stereocenters. The summed E-state index contributed by atoms with van der Waals surface area (Å²) in [5, 5.41) is 8.37. The van der Waals surface area contributed by atoms with E-state index < -0.39 is 5.91 Å². The highest BCUT2D eigenvalue weighted by molar-refractivity contribution is 6.04. The minimum absolute atomic E-state index is 0.0213. The summed E-state index contributed by atoms with van der Waals surface area (Å²) in [6.45, 7) is 6.40. The summed E-state index contributed by atoms with van der Waals surface area (Å²) in [5.74, 6) is 2.08. The topological polar surface area (TPSA) is 99.2 Å². The predicted octanol–water partition coefficient (Wildman–Crippen LogP) is 5.53. The summed E-state index contributed by atoms with van der Waals surface area (Å²) >= 11 is 0. The molecule has 7 nitrogen and oxygen atoms in total. The van der Waals surface area contributed by atoms with Gasteiger partial charge in [0.2, 0.25) is 0 Å². The average Bonchev–Trinajstić information content (AvgIpc) is 3.31. The molecule has 0 radical (unpaired) electrons. The normalized spacial score (nSPS) is 21.8. The van der Waals surface area contributed by atoms with E-state index in [2.05, 4.69) is 11.9 Å². The number of anilines is 1. The monoisotopic (exact) mass is 484 g/mol. The second-order valence-corrected chi connectivity index (χ2v) is 9.92. The van der Waals surface area contributed by atoms with Crippen LogP contribution in [0, 0.1) is 11.8 Å². The minimum Gasteiger partial charge on any atom is -0.457 e. The van der Waals surface area contributed by atoms with E-state index in [1.54, 1.807) is 0 Å². The number of nitrogens with one attached hydrogen (secondary N) is 1. The van der Waals surface area contributed by atoms with Crippen LogP contribution in [0.2, 0.25) is 0 Å². The van der Waals surface area contributed by atoms with Crippen molar-refractivity contribution in [2.45, 2.75) is 44.6 Å². The third-order valence-corrected chi connectivity index (χ3v) is 7.89. The molecule has 0 saturated heterocycles. The molecule has 1 atom stereocenters. The summed E-state index contributed by atoms with van der Waals surface area (Å²) in [7, 11) is 0. The van der Waals surface area contributed by atoms with E-state index in [9.17, 15) is 9.59 Å². The van der Waals surface area contributed by atoms with Gasteiger partial charge in [-0.3, -0.25) is 9.59 Å². The predicted molar refractivity (Wildman–Crippen MR) is 140 cm³/mol. The first-order valence-electron chi connectivity index (χ1n) is 12.6. The van der Waals surface area contributed by atoms with Gasteiger partial charge in [0, 0.05) is 18.0 Å². The van der Waals surface area contributed by atoms with Gasteiger partial charge in [0.25, 0.3) is 5.91 Å². The van der Waals surface area contributed by atoms with E-state index in [-0.39, 0.29) is 17.2 Å². The fraction of sp³-hybridized carbons (Fsp3) is 0.345. The van der Waals surface area contributed by atoms with Crippen LogP contribution in [-0.2, 0) is 10.3 Å². The molecule has 1 aliphatic heterocycles. The molecule has 7 heteroatoms. The number of nitrogens with zero attached hydrogens (tertiary/aromatic N) is 2. The van der Waals surface area contributed by atoms with Crippen LogP contribution >= 0.6 is 0 Å². The number of carbonyl (C=O) groups is 2. The number of ketones is 1. The number of aromatic nitrogens is 2. The summed E-state index contributed by atoms with van der Waals surface area (Å²) in [5.41, 5.74) is 7.49. The van der Waals surface area contributed by atoms with Crippen molar-refractivity contribution in [1.82, 2.24) is 9.78 Å². The molecule has 1 fully saturated rings. The molecule has 3 N–H and O–H groups in total. The third kappa shape index (κ3) is 4.30. The molecule has 2 aliphatic rings. The highest BCUT2D eigenvalue weighted by Crippen LogP contribution is 2.47. The van der Waals surface area contributed by atoms with Gasteiger partial charge in [0.1, 0.15) is 28.6 Å². The highest BCUT2D eigenvalue weighted by Gasteiger charge is 2.44. The SMILES string of the molecule is C=CC(=O)C(C)C1CCC2(CCNc3c(C(N)=O)c(-c4ccc(Oc5ccccc5)cc4)nn32)CC1. The second kappa shape index (κ2) is 9.64. The van der Waals surface area contributed by atoms with Crippen molar-refractivity contribution >= 4 is 17.5 Å². The van der Waals surface area contributed by atoms with Gasteiger partial charge in [-0.1, -0.05) is 31.7 Å². The van der Waals surface area contributed by atoms with Crippen molar-refractivity contribution in [2.24, 2.45) is 17.6 Å². The van der Waals surface area contributed by atoms with Crippen LogP contribution < -0.4 is 15.8 Å². The lowest BCUT2D eigenvalue weighted by Gasteiger charge is -2.44. The largest absolute Gasteiger partial charge is 0.457 e. The summed E-state index contributed by atoms with van der Waals surface area (Å²) in [4.78, 5) is 24.8. The number of fused-ring (bicyclic) bond motifs is 2. The van der Waals surface area contributed by atoms with Crippen LogP contribution in [0.5, 0.6) is 11.5 Å². The van der Waals surface area contributed by atoms with E-state index in [0.29, 0.717) is 28.7 Å². The number of nitrogens with two attached hydrogens (primary N) is 1. The molecule has 1 aromatic heterocycles. The fourth-order valence-corrected chi connectivity index (χ4v) is 5.74. The number of hydrogen-bond acceptors (Lipinski definition) is 5. The van der Waals surface area contributed by atoms with Crippen molar-refractivity contribution in [3.05, 3.63) is 72.8 Å². The quantitative estimate of drug-likeness (QED) is 0.429. The van der Waals surface area contributed by atoms with E-state index >= 15 is 0 Å². The Morgan fingerprint density at radius 2 is 1.78 bits per heavy atom. The lowest BCUT2D eigenvalue weighted by molar-refractivity contribution is -0.119. The number of rotatable bonds is 7. The zero-order valence-corrected chi connectivity index (χ0v) is 20.6. The number of allylic oxidation sites excluding steroid dienone is 1. The smallest absolute Gasteiger partial charge is 0.254 e. The average molecular weight is 485 g/mol. The lowest BCUT2D eigenvalue weighted by Crippen LogP contribution is -2.45. The zero-order chi connectivity index (χ0) is 25.3. The molecule has 1 saturated carbocycles. The summed E-state index contributed by atoms with van der Waals surface area (Å²) in [6.07, 6.45) is 6.04. The van der Waals surface area contributed by atoms with Crippen molar-refractivity contribution in [2.75, 3.05) is 11.9 Å². The van der Waals surface area contributed by atoms with Gasteiger partial charge >= 0.3 is 0 Å². The maximum absolute atomic E-state index is 12.6. The van der Waals surface area contributed by atoms with Crippen LogP contribution in [0.4, 0.5) is 5.82 Å². The summed E-state index contributed by atoms with van der Waals surface area (Å²) < 4.78 is 7.92. The molecule has 1 amide bonds. The molecule has 2 heterocycles. The first-order chi connectivity index (χ1) is 17.4. The molecule has 1 spiro atoms. The fourth-order valence-electron chi connectivity index (χ4n) is 5.74. The van der Waals surface area contributed by atoms with Crippen LogP contribution in [0.1, 0.15) is 49.4 Å².